The number of hydrazine groups is 1. The van der Waals surface area contributed by atoms with E-state index >= 15 is 0 Å². The Labute approximate surface area is 116 Å². The van der Waals surface area contributed by atoms with Crippen molar-refractivity contribution < 1.29 is 14.4 Å². The Morgan fingerprint density at radius 2 is 1.85 bits per heavy atom. The molecule has 1 heterocycles. The summed E-state index contributed by atoms with van der Waals surface area (Å²) in [4.78, 5) is 37.6. The molecular formula is C13H16N4O3. The number of carbonyl (C=O) groups is 3. The maximum atomic E-state index is 11.8. The molecule has 3 amide bonds. The molecule has 0 aromatic heterocycles. The molecule has 20 heavy (non-hydrogen) atoms. The Balaban J connectivity index is 2.05. The van der Waals surface area contributed by atoms with Gasteiger partial charge in [-0.3, -0.25) is 19.8 Å². The number of hydrogen-bond donors (Lipinski definition) is 2. The summed E-state index contributed by atoms with van der Waals surface area (Å²) in [5, 5.41) is 0. The van der Waals surface area contributed by atoms with Crippen LogP contribution >= 0.6 is 0 Å². The number of nitrogen functional groups attached to an aromatic ring is 1. The minimum atomic E-state index is -0.373. The summed E-state index contributed by atoms with van der Waals surface area (Å²) in [7, 11) is 1.61. The smallest absolute Gasteiger partial charge is 0.265 e. The van der Waals surface area contributed by atoms with Crippen LogP contribution in [0.4, 0.5) is 0 Å². The van der Waals surface area contributed by atoms with Gasteiger partial charge in [0.05, 0.1) is 6.54 Å². The molecule has 1 aromatic rings. The van der Waals surface area contributed by atoms with Crippen LogP contribution in [0, 0.1) is 0 Å². The number of carbonyl (C=O) groups excluding carboxylic acids is 3. The zero-order valence-electron chi connectivity index (χ0n) is 11.1. The van der Waals surface area contributed by atoms with Crippen molar-refractivity contribution in [3.8, 4) is 0 Å². The Bertz CT molecular complexity index is 541. The molecule has 3 N–H and O–H groups in total. The van der Waals surface area contributed by atoms with Gasteiger partial charge in [-0.15, -0.1) is 0 Å². The number of nitrogens with one attached hydrogen (secondary N) is 1. The standard InChI is InChI=1S/C13H16N4O3/c1-16-7-12(19)17(8-11(16)18)6-9-2-4-10(5-3-9)13(20)15-14/h2-5H,6-8,14H2,1H3,(H,15,20). The first-order valence-electron chi connectivity index (χ1n) is 6.13. The van der Waals surface area contributed by atoms with Crippen LogP contribution in [-0.4, -0.2) is 47.7 Å². The van der Waals surface area contributed by atoms with Crippen molar-refractivity contribution in [1.29, 1.82) is 0 Å². The van der Waals surface area contributed by atoms with Crippen LogP contribution in [0.15, 0.2) is 24.3 Å². The first-order valence-corrected chi connectivity index (χ1v) is 6.13. The minimum absolute atomic E-state index is 0.0799. The number of piperazine rings is 1. The van der Waals surface area contributed by atoms with Crippen molar-refractivity contribution in [2.45, 2.75) is 6.54 Å². The van der Waals surface area contributed by atoms with E-state index < -0.39 is 0 Å². The van der Waals surface area contributed by atoms with Crippen LogP contribution in [0.25, 0.3) is 0 Å². The van der Waals surface area contributed by atoms with Gasteiger partial charge in [0.25, 0.3) is 5.91 Å². The fraction of sp³-hybridized carbons (Fsp3) is 0.308. The molecular weight excluding hydrogens is 260 g/mol. The van der Waals surface area contributed by atoms with Gasteiger partial charge in [0, 0.05) is 19.2 Å². The summed E-state index contributed by atoms with van der Waals surface area (Å²) in [6, 6.07) is 6.72. The van der Waals surface area contributed by atoms with Crippen LogP contribution in [-0.2, 0) is 16.1 Å². The number of amides is 3. The van der Waals surface area contributed by atoms with Gasteiger partial charge >= 0.3 is 0 Å². The van der Waals surface area contributed by atoms with E-state index in [-0.39, 0.29) is 30.8 Å². The van der Waals surface area contributed by atoms with Crippen molar-refractivity contribution in [2.75, 3.05) is 20.1 Å². The average molecular weight is 276 g/mol. The van der Waals surface area contributed by atoms with Crippen molar-refractivity contribution in [3.63, 3.8) is 0 Å². The topological polar surface area (TPSA) is 95.7 Å². The van der Waals surface area contributed by atoms with E-state index in [1.807, 2.05) is 5.43 Å². The number of nitrogens with two attached hydrogens (primary N) is 1. The molecule has 0 atom stereocenters. The quantitative estimate of drug-likeness (QED) is 0.424. The zero-order chi connectivity index (χ0) is 14.7. The zero-order valence-corrected chi connectivity index (χ0v) is 11.1. The second kappa shape index (κ2) is 5.70. The van der Waals surface area contributed by atoms with Gasteiger partial charge in [-0.05, 0) is 17.7 Å². The van der Waals surface area contributed by atoms with E-state index in [0.717, 1.165) is 5.56 Å². The normalized spacial score (nSPS) is 15.5. The van der Waals surface area contributed by atoms with Gasteiger partial charge in [-0.1, -0.05) is 12.1 Å². The third kappa shape index (κ3) is 2.94. The van der Waals surface area contributed by atoms with Crippen LogP contribution in [0.1, 0.15) is 15.9 Å². The van der Waals surface area contributed by atoms with Gasteiger partial charge in [-0.2, -0.15) is 0 Å². The highest BCUT2D eigenvalue weighted by molar-refractivity contribution is 5.94. The van der Waals surface area contributed by atoms with Gasteiger partial charge in [0.15, 0.2) is 0 Å². The number of rotatable bonds is 3. The van der Waals surface area contributed by atoms with E-state index in [1.165, 1.54) is 9.80 Å². The number of benzene rings is 1. The Hall–Kier alpha value is -2.41. The Kier molecular flexibility index (Phi) is 3.99. The third-order valence-electron chi connectivity index (χ3n) is 3.20. The van der Waals surface area contributed by atoms with E-state index in [1.54, 1.807) is 31.3 Å². The third-order valence-corrected chi connectivity index (χ3v) is 3.20. The molecule has 0 bridgehead atoms. The summed E-state index contributed by atoms with van der Waals surface area (Å²) < 4.78 is 0. The van der Waals surface area contributed by atoms with Gasteiger partial charge in [0.1, 0.15) is 6.54 Å². The van der Waals surface area contributed by atoms with Crippen molar-refractivity contribution in [2.24, 2.45) is 5.84 Å². The predicted molar refractivity (Wildman–Crippen MR) is 71.1 cm³/mol. The monoisotopic (exact) mass is 276 g/mol. The SMILES string of the molecule is CN1CC(=O)N(Cc2ccc(C(=O)NN)cc2)CC1=O. The molecule has 0 aliphatic carbocycles. The molecule has 1 aliphatic heterocycles. The highest BCUT2D eigenvalue weighted by atomic mass is 16.2. The van der Waals surface area contributed by atoms with E-state index in [9.17, 15) is 14.4 Å². The number of hydrogen-bond acceptors (Lipinski definition) is 4. The lowest BCUT2D eigenvalue weighted by molar-refractivity contribution is -0.149. The molecule has 1 saturated heterocycles. The molecule has 0 unspecified atom stereocenters. The fourth-order valence-electron chi connectivity index (χ4n) is 1.97. The lowest BCUT2D eigenvalue weighted by atomic mass is 10.1. The molecule has 0 spiro atoms. The van der Waals surface area contributed by atoms with Gasteiger partial charge in [0.2, 0.25) is 11.8 Å². The summed E-state index contributed by atoms with van der Waals surface area (Å²) in [6.45, 7) is 0.538. The Morgan fingerprint density at radius 3 is 2.45 bits per heavy atom. The molecule has 7 nitrogen and oxygen atoms in total. The van der Waals surface area contributed by atoms with Crippen LogP contribution in [0.3, 0.4) is 0 Å². The number of likely N-dealkylation sites (N-methyl/N-ethyl adjacent to an activating group) is 1. The lowest BCUT2D eigenvalue weighted by Gasteiger charge is -2.31. The Morgan fingerprint density at radius 1 is 1.20 bits per heavy atom. The molecule has 1 aromatic carbocycles. The fourth-order valence-corrected chi connectivity index (χ4v) is 1.97. The highest BCUT2D eigenvalue weighted by Crippen LogP contribution is 2.11. The van der Waals surface area contributed by atoms with Crippen molar-refractivity contribution in [1.82, 2.24) is 15.2 Å². The summed E-state index contributed by atoms with van der Waals surface area (Å²) >= 11 is 0. The molecule has 0 saturated carbocycles. The second-order valence-electron chi connectivity index (χ2n) is 4.67. The van der Waals surface area contributed by atoms with Gasteiger partial charge in [-0.25, -0.2) is 5.84 Å². The van der Waals surface area contributed by atoms with Crippen molar-refractivity contribution in [3.05, 3.63) is 35.4 Å². The van der Waals surface area contributed by atoms with Crippen LogP contribution in [0.2, 0.25) is 0 Å². The summed E-state index contributed by atoms with van der Waals surface area (Å²) in [5.41, 5.74) is 3.34. The molecule has 0 radical (unpaired) electrons. The number of nitrogens with zero attached hydrogens (tertiary/aromatic N) is 2. The first kappa shape index (κ1) is 14.0. The molecule has 1 aliphatic rings. The molecule has 106 valence electrons. The molecule has 2 rings (SSSR count). The first-order chi connectivity index (χ1) is 9.51. The average Bonchev–Trinajstić information content (AvgIpc) is 2.44. The maximum Gasteiger partial charge on any atom is 0.265 e. The molecule has 1 fully saturated rings. The largest absolute Gasteiger partial charge is 0.335 e. The van der Waals surface area contributed by atoms with E-state index in [0.29, 0.717) is 12.1 Å². The van der Waals surface area contributed by atoms with Gasteiger partial charge < -0.3 is 9.80 Å². The van der Waals surface area contributed by atoms with E-state index in [2.05, 4.69) is 0 Å². The van der Waals surface area contributed by atoms with Crippen molar-refractivity contribution >= 4 is 17.7 Å². The highest BCUT2D eigenvalue weighted by Gasteiger charge is 2.27. The summed E-state index contributed by atoms with van der Waals surface area (Å²) in [5.74, 6) is 4.50. The van der Waals surface area contributed by atoms with Crippen LogP contribution < -0.4 is 11.3 Å². The lowest BCUT2D eigenvalue weighted by Crippen LogP contribution is -2.51. The maximum absolute atomic E-state index is 11.8. The van der Waals surface area contributed by atoms with Crippen LogP contribution in [0.5, 0.6) is 0 Å². The second-order valence-corrected chi connectivity index (χ2v) is 4.67. The minimum Gasteiger partial charge on any atom is -0.335 e. The predicted octanol–water partition coefficient (Wildman–Crippen LogP) is -0.909. The van der Waals surface area contributed by atoms with E-state index in [4.69, 9.17) is 5.84 Å². The summed E-state index contributed by atoms with van der Waals surface area (Å²) in [6.07, 6.45) is 0. The molecule has 7 heteroatoms.